The number of nitrogens with one attached hydrogen (secondary N) is 2. The van der Waals surface area contributed by atoms with Crippen LogP contribution in [0.3, 0.4) is 0 Å². The van der Waals surface area contributed by atoms with Crippen molar-refractivity contribution in [2.45, 2.75) is 65.8 Å². The van der Waals surface area contributed by atoms with E-state index in [0.717, 1.165) is 43.2 Å². The van der Waals surface area contributed by atoms with Crippen LogP contribution in [-0.2, 0) is 24.4 Å². The molecular formula is C26H37IN4O2. The van der Waals surface area contributed by atoms with Gasteiger partial charge in [-0.25, -0.2) is 0 Å². The highest BCUT2D eigenvalue weighted by Crippen LogP contribution is 2.23. The Morgan fingerprint density at radius 1 is 1.15 bits per heavy atom. The van der Waals surface area contributed by atoms with E-state index in [4.69, 9.17) is 4.74 Å². The highest BCUT2D eigenvalue weighted by atomic mass is 127. The average molecular weight is 565 g/mol. The molecule has 0 aromatic heterocycles. The molecule has 0 aliphatic carbocycles. The van der Waals surface area contributed by atoms with E-state index in [1.165, 1.54) is 16.7 Å². The predicted octanol–water partition coefficient (Wildman–Crippen LogP) is 4.78. The van der Waals surface area contributed by atoms with E-state index in [9.17, 15) is 4.79 Å². The number of ether oxygens (including phenoxy) is 1. The number of hydrogen-bond donors (Lipinski definition) is 2. The van der Waals surface area contributed by atoms with E-state index in [1.807, 2.05) is 17.0 Å². The lowest BCUT2D eigenvalue weighted by Gasteiger charge is -2.18. The van der Waals surface area contributed by atoms with Gasteiger partial charge in [0.25, 0.3) is 0 Å². The van der Waals surface area contributed by atoms with Gasteiger partial charge >= 0.3 is 0 Å². The number of guanidine groups is 1. The molecule has 1 aliphatic rings. The molecule has 0 spiro atoms. The molecule has 0 fully saturated rings. The van der Waals surface area contributed by atoms with Gasteiger partial charge in [-0.05, 0) is 49.4 Å². The quantitative estimate of drug-likeness (QED) is 0.199. The van der Waals surface area contributed by atoms with Gasteiger partial charge in [0.2, 0.25) is 5.91 Å². The second-order valence-electron chi connectivity index (χ2n) is 8.42. The first-order valence-electron chi connectivity index (χ1n) is 11.6. The molecule has 0 radical (unpaired) electrons. The van der Waals surface area contributed by atoms with Crippen molar-refractivity contribution in [1.29, 1.82) is 0 Å². The highest BCUT2D eigenvalue weighted by Gasteiger charge is 2.22. The lowest BCUT2D eigenvalue weighted by molar-refractivity contribution is -0.131. The molecule has 6 nitrogen and oxygen atoms in total. The number of hydrogen-bond acceptors (Lipinski definition) is 3. The van der Waals surface area contributed by atoms with Crippen LogP contribution in [0.2, 0.25) is 0 Å². The van der Waals surface area contributed by atoms with Gasteiger partial charge in [-0.1, -0.05) is 43.3 Å². The van der Waals surface area contributed by atoms with Crippen LogP contribution < -0.4 is 15.4 Å². The summed E-state index contributed by atoms with van der Waals surface area (Å²) >= 11 is 0. The monoisotopic (exact) mass is 564 g/mol. The molecular weight excluding hydrogens is 527 g/mol. The van der Waals surface area contributed by atoms with Gasteiger partial charge in [0.1, 0.15) is 5.75 Å². The smallest absolute Gasteiger partial charge is 0.223 e. The van der Waals surface area contributed by atoms with Gasteiger partial charge in [-0.3, -0.25) is 9.79 Å². The summed E-state index contributed by atoms with van der Waals surface area (Å²) in [5, 5.41) is 6.67. The fourth-order valence-corrected chi connectivity index (χ4v) is 3.73. The molecule has 1 heterocycles. The molecule has 1 atom stereocenters. The minimum atomic E-state index is 0. The van der Waals surface area contributed by atoms with E-state index < -0.39 is 0 Å². The molecule has 2 aromatic rings. The van der Waals surface area contributed by atoms with Gasteiger partial charge < -0.3 is 20.3 Å². The zero-order valence-corrected chi connectivity index (χ0v) is 22.5. The molecule has 1 aliphatic heterocycles. The van der Waals surface area contributed by atoms with Gasteiger partial charge in [0.15, 0.2) is 5.96 Å². The van der Waals surface area contributed by atoms with Crippen molar-refractivity contribution < 1.29 is 9.53 Å². The Bertz CT molecular complexity index is 923. The molecule has 1 unspecified atom stereocenters. The van der Waals surface area contributed by atoms with Crippen LogP contribution in [-0.4, -0.2) is 36.5 Å². The Morgan fingerprint density at radius 2 is 1.85 bits per heavy atom. The summed E-state index contributed by atoms with van der Waals surface area (Å²) in [5.74, 6) is 1.85. The summed E-state index contributed by atoms with van der Waals surface area (Å²) in [4.78, 5) is 18.8. The van der Waals surface area contributed by atoms with Crippen molar-refractivity contribution in [2.24, 2.45) is 4.99 Å². The van der Waals surface area contributed by atoms with Crippen LogP contribution in [0, 0.1) is 6.92 Å². The molecule has 0 bridgehead atoms. The van der Waals surface area contributed by atoms with Crippen LogP contribution in [0.1, 0.15) is 55.4 Å². The first-order valence-corrected chi connectivity index (χ1v) is 11.6. The number of aryl methyl sites for hydroxylation is 1. The van der Waals surface area contributed by atoms with Crippen molar-refractivity contribution in [3.63, 3.8) is 0 Å². The van der Waals surface area contributed by atoms with Crippen LogP contribution in [0.25, 0.3) is 0 Å². The number of fused-ring (bicyclic) bond motifs is 1. The molecule has 180 valence electrons. The summed E-state index contributed by atoms with van der Waals surface area (Å²) < 4.78 is 6.10. The van der Waals surface area contributed by atoms with Gasteiger partial charge in [0, 0.05) is 45.2 Å². The molecule has 7 heteroatoms. The first-order chi connectivity index (χ1) is 15.5. The number of halogens is 1. The average Bonchev–Trinajstić information content (AvgIpc) is 3.24. The van der Waals surface area contributed by atoms with Gasteiger partial charge in [-0.2, -0.15) is 0 Å². The largest absolute Gasteiger partial charge is 0.490 e. The molecule has 3 rings (SSSR count). The zero-order chi connectivity index (χ0) is 22.9. The molecule has 0 saturated carbocycles. The van der Waals surface area contributed by atoms with E-state index in [0.29, 0.717) is 19.5 Å². The number of aliphatic imine (C=N–C) groups is 1. The molecule has 2 aromatic carbocycles. The summed E-state index contributed by atoms with van der Waals surface area (Å²) in [7, 11) is 1.76. The van der Waals surface area contributed by atoms with Crippen molar-refractivity contribution in [3.05, 3.63) is 64.7 Å². The minimum Gasteiger partial charge on any atom is -0.490 e. The maximum absolute atomic E-state index is 12.6. The van der Waals surface area contributed by atoms with Crippen LogP contribution in [0.4, 0.5) is 0 Å². The van der Waals surface area contributed by atoms with E-state index >= 15 is 0 Å². The van der Waals surface area contributed by atoms with E-state index in [1.54, 1.807) is 7.05 Å². The lowest BCUT2D eigenvalue weighted by Crippen LogP contribution is -2.37. The summed E-state index contributed by atoms with van der Waals surface area (Å²) in [6.45, 7) is 9.04. The van der Waals surface area contributed by atoms with Crippen molar-refractivity contribution in [3.8, 4) is 5.75 Å². The molecule has 33 heavy (non-hydrogen) atoms. The summed E-state index contributed by atoms with van der Waals surface area (Å²) in [5.41, 5.74) is 4.80. The summed E-state index contributed by atoms with van der Waals surface area (Å²) in [6, 6.07) is 14.6. The third-order valence-electron chi connectivity index (χ3n) is 5.85. The number of carbonyl (C=O) groups is 1. The zero-order valence-electron chi connectivity index (χ0n) is 20.2. The van der Waals surface area contributed by atoms with Crippen LogP contribution in [0.5, 0.6) is 5.75 Å². The SMILES string of the molecule is CCC(C)Oc1cc(C)ccc1CNC(=NC)NCCCC(=O)N1Cc2ccccc2C1.I. The predicted molar refractivity (Wildman–Crippen MR) is 145 cm³/mol. The van der Waals surface area contributed by atoms with Crippen molar-refractivity contribution >= 4 is 35.8 Å². The third-order valence-corrected chi connectivity index (χ3v) is 5.85. The second-order valence-corrected chi connectivity index (χ2v) is 8.42. The number of rotatable bonds is 9. The summed E-state index contributed by atoms with van der Waals surface area (Å²) in [6.07, 6.45) is 2.43. The Hall–Kier alpha value is -2.29. The number of carbonyl (C=O) groups excluding carboxylic acids is 1. The molecule has 1 amide bonds. The molecule has 0 saturated heterocycles. The van der Waals surface area contributed by atoms with E-state index in [2.05, 4.69) is 66.7 Å². The number of nitrogens with zero attached hydrogens (tertiary/aromatic N) is 2. The van der Waals surface area contributed by atoms with Crippen molar-refractivity contribution in [2.75, 3.05) is 13.6 Å². The Kier molecular flexibility index (Phi) is 11.0. The van der Waals surface area contributed by atoms with Crippen LogP contribution in [0.15, 0.2) is 47.5 Å². The third kappa shape index (κ3) is 7.91. The molecule has 2 N–H and O–H groups in total. The maximum atomic E-state index is 12.6. The fourth-order valence-electron chi connectivity index (χ4n) is 3.73. The number of amides is 1. The normalized spacial score (nSPS) is 13.7. The van der Waals surface area contributed by atoms with Crippen LogP contribution >= 0.6 is 24.0 Å². The first kappa shape index (κ1) is 27.0. The lowest BCUT2D eigenvalue weighted by atomic mass is 10.1. The van der Waals surface area contributed by atoms with Crippen molar-refractivity contribution in [1.82, 2.24) is 15.5 Å². The maximum Gasteiger partial charge on any atom is 0.223 e. The minimum absolute atomic E-state index is 0. The Labute approximate surface area is 215 Å². The highest BCUT2D eigenvalue weighted by molar-refractivity contribution is 14.0. The van der Waals surface area contributed by atoms with Gasteiger partial charge in [-0.15, -0.1) is 24.0 Å². The van der Waals surface area contributed by atoms with Gasteiger partial charge in [0.05, 0.1) is 6.10 Å². The standard InChI is InChI=1S/C26H36N4O2.HI/c1-5-20(3)32-24-15-19(2)12-13-21(24)16-29-26(27-4)28-14-8-11-25(31)30-17-22-9-6-7-10-23(22)18-30;/h6-7,9-10,12-13,15,20H,5,8,11,14,16-18H2,1-4H3,(H2,27,28,29);1H. The number of benzene rings is 2. The Balaban J connectivity index is 0.00000385. The second kappa shape index (κ2) is 13.4. The fraction of sp³-hybridized carbons (Fsp3) is 0.462. The topological polar surface area (TPSA) is 66.0 Å². The van der Waals surface area contributed by atoms with E-state index in [-0.39, 0.29) is 36.0 Å². The Morgan fingerprint density at radius 3 is 2.48 bits per heavy atom.